The molecule has 3 N–H and O–H groups in total. The van der Waals surface area contributed by atoms with Gasteiger partial charge >= 0.3 is 5.69 Å². The van der Waals surface area contributed by atoms with E-state index in [1.54, 1.807) is 0 Å². The number of nitrogen functional groups attached to an aromatic ring is 1. The van der Waals surface area contributed by atoms with Crippen LogP contribution in [0.1, 0.15) is 5.56 Å². The second-order valence-corrected chi connectivity index (χ2v) is 6.00. The first-order valence-corrected chi connectivity index (χ1v) is 8.00. The van der Waals surface area contributed by atoms with Crippen molar-refractivity contribution in [3.05, 3.63) is 70.3 Å². The third kappa shape index (κ3) is 2.48. The lowest BCUT2D eigenvalue weighted by Gasteiger charge is -2.13. The number of fused-ring (bicyclic) bond motifs is 3. The van der Waals surface area contributed by atoms with E-state index < -0.39 is 16.4 Å². The molecule has 0 aliphatic rings. The molecule has 27 heavy (non-hydrogen) atoms. The Morgan fingerprint density at radius 1 is 1.11 bits per heavy atom. The highest BCUT2D eigenvalue weighted by atomic mass is 16.6. The summed E-state index contributed by atoms with van der Waals surface area (Å²) in [7, 11) is 0. The maximum atomic E-state index is 11.2. The maximum absolute atomic E-state index is 11.2. The van der Waals surface area contributed by atoms with Crippen LogP contribution < -0.4 is 5.73 Å². The first-order valence-electron chi connectivity index (χ1n) is 8.00. The number of hydrogen-bond donors (Lipinski definition) is 2. The Morgan fingerprint density at radius 2 is 1.89 bits per heavy atom. The fourth-order valence-corrected chi connectivity index (χ4v) is 3.25. The fraction of sp³-hybridized carbons (Fsp3) is 0. The number of nitrogens with zero attached hydrogens (tertiary/aromatic N) is 3. The van der Waals surface area contributed by atoms with E-state index >= 15 is 0 Å². The van der Waals surface area contributed by atoms with Crippen molar-refractivity contribution >= 4 is 33.2 Å². The zero-order valence-electron chi connectivity index (χ0n) is 13.9. The molecule has 0 bridgehead atoms. The highest BCUT2D eigenvalue weighted by Gasteiger charge is 2.20. The molecule has 0 atom stereocenters. The second kappa shape index (κ2) is 5.97. The van der Waals surface area contributed by atoms with Gasteiger partial charge in [0.1, 0.15) is 17.5 Å². The topological polar surface area (TPSA) is 126 Å². The van der Waals surface area contributed by atoms with Gasteiger partial charge in [-0.15, -0.1) is 0 Å². The molecule has 7 nitrogen and oxygen atoms in total. The number of aromatic nitrogens is 1. The fourth-order valence-electron chi connectivity index (χ4n) is 3.25. The molecule has 0 amide bonds. The molecule has 1 aromatic heterocycles. The molecule has 0 fully saturated rings. The van der Waals surface area contributed by atoms with Gasteiger partial charge in [0.15, 0.2) is 5.75 Å². The maximum Gasteiger partial charge on any atom is 0.311 e. The van der Waals surface area contributed by atoms with Crippen LogP contribution in [-0.2, 0) is 0 Å². The number of benzene rings is 3. The van der Waals surface area contributed by atoms with E-state index in [1.165, 1.54) is 18.2 Å². The van der Waals surface area contributed by atoms with Crippen molar-refractivity contribution in [3.63, 3.8) is 0 Å². The normalized spacial score (nSPS) is 10.8. The van der Waals surface area contributed by atoms with Gasteiger partial charge in [0.2, 0.25) is 0 Å². The predicted octanol–water partition coefficient (Wildman–Crippen LogP) is 4.12. The number of nitrogens with two attached hydrogens (primary N) is 1. The van der Waals surface area contributed by atoms with Crippen LogP contribution in [0.3, 0.4) is 0 Å². The monoisotopic (exact) mass is 356 g/mol. The van der Waals surface area contributed by atoms with Crippen LogP contribution >= 0.6 is 0 Å². The van der Waals surface area contributed by atoms with E-state index in [9.17, 15) is 20.5 Å². The number of pyridine rings is 1. The third-order valence-electron chi connectivity index (χ3n) is 4.48. The molecule has 3 aromatic carbocycles. The van der Waals surface area contributed by atoms with Gasteiger partial charge in [-0.3, -0.25) is 10.1 Å². The smallest absolute Gasteiger partial charge is 0.311 e. The largest absolute Gasteiger partial charge is 0.502 e. The zero-order valence-corrected chi connectivity index (χ0v) is 13.9. The Balaban J connectivity index is 2.17. The van der Waals surface area contributed by atoms with Crippen molar-refractivity contribution in [1.82, 2.24) is 4.98 Å². The molecule has 0 saturated carbocycles. The predicted molar refractivity (Wildman–Crippen MR) is 102 cm³/mol. The Hall–Kier alpha value is -4.18. The summed E-state index contributed by atoms with van der Waals surface area (Å²) in [6, 6.07) is 17.4. The van der Waals surface area contributed by atoms with Crippen LogP contribution in [-0.4, -0.2) is 15.0 Å². The summed E-state index contributed by atoms with van der Waals surface area (Å²) in [5.74, 6) is -0.397. The summed E-state index contributed by atoms with van der Waals surface area (Å²) in [4.78, 5) is 14.9. The summed E-state index contributed by atoms with van der Waals surface area (Å²) in [6.45, 7) is 0. The SMILES string of the molecule is N#Cc1c(N)nc2c(ccc3ccccc32)c1-c1ccc(O)c([N+](=O)[O-])c1. The molecular weight excluding hydrogens is 344 g/mol. The number of rotatable bonds is 2. The lowest BCUT2D eigenvalue weighted by Crippen LogP contribution is -2.00. The zero-order chi connectivity index (χ0) is 19.1. The van der Waals surface area contributed by atoms with Crippen LogP contribution in [0.4, 0.5) is 11.5 Å². The van der Waals surface area contributed by atoms with E-state index in [4.69, 9.17) is 5.73 Å². The van der Waals surface area contributed by atoms with Crippen molar-refractivity contribution in [2.45, 2.75) is 0 Å². The lowest BCUT2D eigenvalue weighted by molar-refractivity contribution is -0.385. The van der Waals surface area contributed by atoms with Gasteiger partial charge in [0, 0.05) is 22.4 Å². The summed E-state index contributed by atoms with van der Waals surface area (Å²) in [5, 5.41) is 33.0. The van der Waals surface area contributed by atoms with Crippen molar-refractivity contribution < 1.29 is 10.0 Å². The molecule has 4 aromatic rings. The standard InChI is InChI=1S/C20H12N4O3/c21-10-15-18(12-6-8-17(25)16(9-12)24(26)27)14-7-5-11-3-1-2-4-13(11)19(14)23-20(15)22/h1-9,25H,(H2,22,23). The van der Waals surface area contributed by atoms with Gasteiger partial charge < -0.3 is 10.8 Å². The number of aromatic hydroxyl groups is 1. The Labute approximate surface area is 153 Å². The van der Waals surface area contributed by atoms with Crippen LogP contribution in [0.15, 0.2) is 54.6 Å². The van der Waals surface area contributed by atoms with Gasteiger partial charge in [-0.25, -0.2) is 4.98 Å². The molecule has 1 heterocycles. The third-order valence-corrected chi connectivity index (χ3v) is 4.48. The number of nitro benzene ring substituents is 1. The van der Waals surface area contributed by atoms with Crippen LogP contribution in [0.2, 0.25) is 0 Å². The second-order valence-electron chi connectivity index (χ2n) is 6.00. The van der Waals surface area contributed by atoms with E-state index in [0.717, 1.165) is 10.8 Å². The number of anilines is 1. The minimum absolute atomic E-state index is 0.0482. The molecular formula is C20H12N4O3. The number of nitriles is 1. The molecule has 0 unspecified atom stereocenters. The molecule has 0 aliphatic carbocycles. The molecule has 4 rings (SSSR count). The number of nitro groups is 1. The average molecular weight is 356 g/mol. The van der Waals surface area contributed by atoms with E-state index in [0.29, 0.717) is 22.0 Å². The minimum Gasteiger partial charge on any atom is -0.502 e. The van der Waals surface area contributed by atoms with Gasteiger partial charge in [0.05, 0.1) is 10.4 Å². The molecule has 7 heteroatoms. The van der Waals surface area contributed by atoms with Crippen LogP contribution in [0, 0.1) is 21.4 Å². The quantitative estimate of drug-likeness (QED) is 0.316. The lowest BCUT2D eigenvalue weighted by atomic mass is 9.93. The average Bonchev–Trinajstić information content (AvgIpc) is 2.67. The minimum atomic E-state index is -0.674. The molecule has 0 aliphatic heterocycles. The first kappa shape index (κ1) is 16.3. The van der Waals surface area contributed by atoms with Crippen LogP contribution in [0.25, 0.3) is 32.8 Å². The summed E-state index contributed by atoms with van der Waals surface area (Å²) in [5.41, 5.74) is 7.20. The summed E-state index contributed by atoms with van der Waals surface area (Å²) in [6.07, 6.45) is 0. The van der Waals surface area contributed by atoms with E-state index in [1.807, 2.05) is 42.5 Å². The Morgan fingerprint density at radius 3 is 2.63 bits per heavy atom. The van der Waals surface area contributed by atoms with Crippen molar-refractivity contribution in [2.24, 2.45) is 0 Å². The Bertz CT molecular complexity index is 1290. The van der Waals surface area contributed by atoms with Crippen molar-refractivity contribution in [1.29, 1.82) is 5.26 Å². The van der Waals surface area contributed by atoms with E-state index in [2.05, 4.69) is 4.98 Å². The number of hydrogen-bond acceptors (Lipinski definition) is 6. The summed E-state index contributed by atoms with van der Waals surface area (Å²) >= 11 is 0. The van der Waals surface area contributed by atoms with Gasteiger partial charge in [0.25, 0.3) is 0 Å². The molecule has 0 spiro atoms. The first-order chi connectivity index (χ1) is 13.0. The summed E-state index contributed by atoms with van der Waals surface area (Å²) < 4.78 is 0. The highest BCUT2D eigenvalue weighted by molar-refractivity contribution is 6.12. The van der Waals surface area contributed by atoms with Crippen LogP contribution in [0.5, 0.6) is 5.75 Å². The van der Waals surface area contributed by atoms with E-state index in [-0.39, 0.29) is 11.4 Å². The molecule has 130 valence electrons. The van der Waals surface area contributed by atoms with Crippen molar-refractivity contribution in [3.8, 4) is 22.9 Å². The van der Waals surface area contributed by atoms with Gasteiger partial charge in [-0.05, 0) is 17.0 Å². The Kier molecular flexibility index (Phi) is 3.60. The molecule has 0 saturated heterocycles. The number of phenolic OH excluding ortho intramolecular Hbond substituents is 1. The number of phenols is 1. The van der Waals surface area contributed by atoms with Crippen molar-refractivity contribution in [2.75, 3.05) is 5.73 Å². The highest BCUT2D eigenvalue weighted by Crippen LogP contribution is 2.39. The van der Waals surface area contributed by atoms with Gasteiger partial charge in [-0.1, -0.05) is 42.5 Å². The molecule has 0 radical (unpaired) electrons. The van der Waals surface area contributed by atoms with Gasteiger partial charge in [-0.2, -0.15) is 5.26 Å².